The van der Waals surface area contributed by atoms with Gasteiger partial charge < -0.3 is 10.1 Å². The number of urea groups is 1. The number of carbonyl (C=O) groups excluding carboxylic acids is 3. The first-order chi connectivity index (χ1) is 16.9. The van der Waals surface area contributed by atoms with Gasteiger partial charge in [0.05, 0.1) is 29.3 Å². The molecule has 0 aliphatic rings. The molecular formula is C25H28N4O5S. The van der Waals surface area contributed by atoms with Gasteiger partial charge >= 0.3 is 12.0 Å². The molecule has 0 spiro atoms. The van der Waals surface area contributed by atoms with E-state index in [2.05, 4.69) is 15.6 Å². The number of unbranched alkanes of at least 4 members (excludes halogenated alkanes) is 1. The van der Waals surface area contributed by atoms with Crippen LogP contribution < -0.4 is 16.2 Å². The summed E-state index contributed by atoms with van der Waals surface area (Å²) in [5, 5.41) is 5.58. The topological polar surface area (TPSA) is 119 Å². The highest BCUT2D eigenvalue weighted by Crippen LogP contribution is 2.20. The molecule has 2 N–H and O–H groups in total. The summed E-state index contributed by atoms with van der Waals surface area (Å²) in [4.78, 5) is 54.0. The second-order valence-electron chi connectivity index (χ2n) is 7.76. The Morgan fingerprint density at radius 2 is 1.89 bits per heavy atom. The van der Waals surface area contributed by atoms with Crippen molar-refractivity contribution in [3.8, 4) is 0 Å². The van der Waals surface area contributed by atoms with Crippen molar-refractivity contribution in [2.45, 2.75) is 37.9 Å². The monoisotopic (exact) mass is 496 g/mol. The maximum Gasteiger partial charge on any atom is 0.337 e. The second kappa shape index (κ2) is 12.7. The van der Waals surface area contributed by atoms with Crippen molar-refractivity contribution in [2.24, 2.45) is 0 Å². The summed E-state index contributed by atoms with van der Waals surface area (Å²) in [5.41, 5.74) is 1.38. The lowest BCUT2D eigenvalue weighted by Crippen LogP contribution is -2.40. The van der Waals surface area contributed by atoms with Crippen LogP contribution in [-0.4, -0.2) is 46.9 Å². The number of nitrogens with one attached hydrogen (secondary N) is 2. The summed E-state index contributed by atoms with van der Waals surface area (Å²) in [7, 11) is 1.28. The number of methoxy groups -OCH3 is 1. The highest BCUT2D eigenvalue weighted by atomic mass is 32.2. The lowest BCUT2D eigenvalue weighted by Gasteiger charge is -2.14. The van der Waals surface area contributed by atoms with Crippen molar-refractivity contribution in [1.29, 1.82) is 0 Å². The van der Waals surface area contributed by atoms with Gasteiger partial charge in [-0.3, -0.25) is 19.5 Å². The molecular weight excluding hydrogens is 468 g/mol. The van der Waals surface area contributed by atoms with Crippen molar-refractivity contribution < 1.29 is 19.1 Å². The molecule has 1 aromatic heterocycles. The van der Waals surface area contributed by atoms with E-state index in [-0.39, 0.29) is 16.9 Å². The number of fused-ring (bicyclic) bond motifs is 1. The lowest BCUT2D eigenvalue weighted by atomic mass is 10.1. The minimum atomic E-state index is -0.556. The number of carbonyl (C=O) groups is 3. The first-order valence-corrected chi connectivity index (χ1v) is 12.3. The van der Waals surface area contributed by atoms with Crippen LogP contribution in [0.15, 0.2) is 58.5 Å². The maximum absolute atomic E-state index is 13.3. The minimum Gasteiger partial charge on any atom is -0.465 e. The summed E-state index contributed by atoms with van der Waals surface area (Å²) in [6.07, 6.45) is 2.34. The second-order valence-corrected chi connectivity index (χ2v) is 8.70. The van der Waals surface area contributed by atoms with Crippen molar-refractivity contribution in [3.05, 3.63) is 70.0 Å². The van der Waals surface area contributed by atoms with Gasteiger partial charge in [0, 0.05) is 13.1 Å². The molecule has 0 atom stereocenters. The maximum atomic E-state index is 13.3. The molecule has 2 aromatic carbocycles. The number of nitrogens with zero attached hydrogens (tertiary/aromatic N) is 2. The Balaban J connectivity index is 1.85. The normalized spacial score (nSPS) is 10.7. The van der Waals surface area contributed by atoms with Gasteiger partial charge in [-0.05, 0) is 36.6 Å². The fourth-order valence-electron chi connectivity index (χ4n) is 3.35. The van der Waals surface area contributed by atoms with Crippen molar-refractivity contribution >= 4 is 40.6 Å². The number of thioether (sulfide) groups is 1. The molecule has 0 saturated carbocycles. The molecule has 3 aromatic rings. The zero-order valence-electron chi connectivity index (χ0n) is 19.7. The number of aryl methyl sites for hydroxylation is 1. The van der Waals surface area contributed by atoms with E-state index < -0.39 is 17.9 Å². The van der Waals surface area contributed by atoms with E-state index in [1.54, 1.807) is 6.07 Å². The number of ether oxygens (including phenoxy) is 1. The molecule has 184 valence electrons. The van der Waals surface area contributed by atoms with E-state index in [9.17, 15) is 19.2 Å². The smallest absolute Gasteiger partial charge is 0.337 e. The number of hydrogen-bond donors (Lipinski definition) is 2. The number of imide groups is 1. The lowest BCUT2D eigenvalue weighted by molar-refractivity contribution is -0.117. The van der Waals surface area contributed by atoms with E-state index in [0.717, 1.165) is 30.2 Å². The van der Waals surface area contributed by atoms with Gasteiger partial charge in [-0.2, -0.15) is 0 Å². The van der Waals surface area contributed by atoms with Crippen molar-refractivity contribution in [3.63, 3.8) is 0 Å². The summed E-state index contributed by atoms with van der Waals surface area (Å²) >= 11 is 1.05. The number of amides is 3. The van der Waals surface area contributed by atoms with Gasteiger partial charge in [-0.15, -0.1) is 0 Å². The summed E-state index contributed by atoms with van der Waals surface area (Å²) in [6.45, 7) is 2.84. The van der Waals surface area contributed by atoms with Crippen LogP contribution in [0.3, 0.4) is 0 Å². The van der Waals surface area contributed by atoms with Crippen LogP contribution in [0.25, 0.3) is 10.9 Å². The zero-order chi connectivity index (χ0) is 25.2. The molecule has 0 fully saturated rings. The van der Waals surface area contributed by atoms with E-state index in [1.165, 1.54) is 23.8 Å². The van der Waals surface area contributed by atoms with Crippen LogP contribution >= 0.6 is 11.8 Å². The molecule has 3 amide bonds. The SMILES string of the molecule is CCCCNC(=O)NC(=O)CSc1nc2cc(C(=O)OC)ccc2c(=O)n1CCc1ccccc1. The number of esters is 1. The molecule has 1 heterocycles. The van der Waals surface area contributed by atoms with E-state index in [0.29, 0.717) is 35.6 Å². The van der Waals surface area contributed by atoms with Crippen molar-refractivity contribution in [1.82, 2.24) is 20.2 Å². The Morgan fingerprint density at radius 1 is 1.11 bits per heavy atom. The number of aromatic nitrogens is 2. The van der Waals surface area contributed by atoms with E-state index in [4.69, 9.17) is 4.74 Å². The average Bonchev–Trinajstić information content (AvgIpc) is 2.87. The van der Waals surface area contributed by atoms with E-state index >= 15 is 0 Å². The third kappa shape index (κ3) is 7.16. The highest BCUT2D eigenvalue weighted by molar-refractivity contribution is 7.99. The Morgan fingerprint density at radius 3 is 2.60 bits per heavy atom. The Kier molecular flexibility index (Phi) is 9.42. The molecule has 3 rings (SSSR count). The quantitative estimate of drug-likeness (QED) is 0.192. The molecule has 0 aliphatic heterocycles. The first kappa shape index (κ1) is 26.0. The molecule has 9 nitrogen and oxygen atoms in total. The van der Waals surface area contributed by atoms with Crippen molar-refractivity contribution in [2.75, 3.05) is 19.4 Å². The predicted molar refractivity (Wildman–Crippen MR) is 135 cm³/mol. The fourth-order valence-corrected chi connectivity index (χ4v) is 4.18. The number of hydrogen-bond acceptors (Lipinski definition) is 7. The summed E-state index contributed by atoms with van der Waals surface area (Å²) < 4.78 is 6.28. The molecule has 0 bridgehead atoms. The van der Waals surface area contributed by atoms with E-state index in [1.807, 2.05) is 37.3 Å². The molecule has 0 unspecified atom stereocenters. The van der Waals surface area contributed by atoms with Crippen LogP contribution in [0, 0.1) is 0 Å². The third-order valence-corrected chi connectivity index (χ3v) is 6.19. The molecule has 0 radical (unpaired) electrons. The van der Waals surface area contributed by atoms with Crippen LogP contribution in [0.1, 0.15) is 35.7 Å². The summed E-state index contributed by atoms with van der Waals surface area (Å²) in [5.74, 6) is -1.15. The largest absolute Gasteiger partial charge is 0.465 e. The predicted octanol–water partition coefficient (Wildman–Crippen LogP) is 3.14. The van der Waals surface area contributed by atoms with Crippen LogP contribution in [0.5, 0.6) is 0 Å². The number of benzene rings is 2. The van der Waals surface area contributed by atoms with Gasteiger partial charge in [0.2, 0.25) is 5.91 Å². The average molecular weight is 497 g/mol. The number of rotatable bonds is 10. The highest BCUT2D eigenvalue weighted by Gasteiger charge is 2.16. The fraction of sp³-hybridized carbons (Fsp3) is 0.320. The minimum absolute atomic E-state index is 0.110. The van der Waals surface area contributed by atoms with Gasteiger partial charge in [-0.1, -0.05) is 55.4 Å². The molecule has 10 heteroatoms. The van der Waals surface area contributed by atoms with Crippen LogP contribution in [0.4, 0.5) is 4.79 Å². The van der Waals surface area contributed by atoms with Gasteiger partial charge in [0.15, 0.2) is 5.16 Å². The van der Waals surface area contributed by atoms with Gasteiger partial charge in [0.1, 0.15) is 0 Å². The Labute approximate surface area is 207 Å². The zero-order valence-corrected chi connectivity index (χ0v) is 20.5. The summed E-state index contributed by atoms with van der Waals surface area (Å²) in [6, 6.07) is 13.7. The molecule has 35 heavy (non-hydrogen) atoms. The van der Waals surface area contributed by atoms with Crippen LogP contribution in [-0.2, 0) is 22.5 Å². The van der Waals surface area contributed by atoms with Gasteiger partial charge in [-0.25, -0.2) is 14.6 Å². The van der Waals surface area contributed by atoms with Crippen LogP contribution in [0.2, 0.25) is 0 Å². The Hall–Kier alpha value is -3.66. The standard InChI is InChI=1S/C25H28N4O5S/c1-3-4-13-26-24(33)28-21(30)16-35-25-27-20-15-18(23(32)34-2)10-11-19(20)22(31)29(25)14-12-17-8-6-5-7-9-17/h5-11,15H,3-4,12-14,16H2,1-2H3,(H2,26,28,30,33). The van der Waals surface area contributed by atoms with Gasteiger partial charge in [0.25, 0.3) is 5.56 Å². The molecule has 0 saturated heterocycles. The third-order valence-electron chi connectivity index (χ3n) is 5.21. The Bertz CT molecular complexity index is 1260. The molecule has 0 aliphatic carbocycles. The first-order valence-electron chi connectivity index (χ1n) is 11.3.